The maximum atomic E-state index is 13.4. The fourth-order valence-electron chi connectivity index (χ4n) is 2.58. The molecule has 8 heteroatoms. The molecule has 0 atom stereocenters. The highest BCUT2D eigenvalue weighted by atomic mass is 19.4. The Labute approximate surface area is 138 Å². The molecule has 2 aromatic rings. The summed E-state index contributed by atoms with van der Waals surface area (Å²) >= 11 is 0. The molecule has 128 valence electrons. The molecule has 0 unspecified atom stereocenters. The molecule has 0 N–H and O–H groups in total. The SMILES string of the molecule is CN1CCN(/N=C(\c2ccccc2C(F)(F)F)n2ccnc2)CC1. The number of alkyl halides is 3. The Morgan fingerprint density at radius 2 is 1.83 bits per heavy atom. The second-order valence-corrected chi connectivity index (χ2v) is 5.69. The number of imidazole rings is 1. The average Bonchev–Trinajstić information content (AvgIpc) is 3.08. The van der Waals surface area contributed by atoms with E-state index in [1.54, 1.807) is 12.3 Å². The fraction of sp³-hybridized carbons (Fsp3) is 0.375. The number of hydrazone groups is 1. The summed E-state index contributed by atoms with van der Waals surface area (Å²) in [6, 6.07) is 5.48. The average molecular weight is 337 g/mol. The van der Waals surface area contributed by atoms with Gasteiger partial charge in [0.15, 0.2) is 5.84 Å². The van der Waals surface area contributed by atoms with Gasteiger partial charge in [-0.05, 0) is 13.1 Å². The zero-order valence-electron chi connectivity index (χ0n) is 13.2. The maximum absolute atomic E-state index is 13.4. The number of halogens is 3. The predicted octanol–water partition coefficient (Wildman–Crippen LogP) is 2.36. The van der Waals surface area contributed by atoms with Crippen molar-refractivity contribution in [2.75, 3.05) is 33.2 Å². The first-order chi connectivity index (χ1) is 11.4. The van der Waals surface area contributed by atoms with Gasteiger partial charge >= 0.3 is 6.18 Å². The topological polar surface area (TPSA) is 36.7 Å². The Hall–Kier alpha value is -2.35. The Morgan fingerprint density at radius 1 is 1.12 bits per heavy atom. The zero-order valence-corrected chi connectivity index (χ0v) is 13.2. The van der Waals surface area contributed by atoms with Crippen molar-refractivity contribution in [3.8, 4) is 0 Å². The third-order valence-corrected chi connectivity index (χ3v) is 3.94. The summed E-state index contributed by atoms with van der Waals surface area (Å²) in [4.78, 5) is 6.10. The van der Waals surface area contributed by atoms with Crippen LogP contribution in [-0.2, 0) is 6.18 Å². The van der Waals surface area contributed by atoms with Crippen LogP contribution in [0.15, 0.2) is 48.1 Å². The molecular formula is C16H18F3N5. The molecule has 1 aromatic carbocycles. The number of benzene rings is 1. The van der Waals surface area contributed by atoms with E-state index < -0.39 is 11.7 Å². The molecule has 0 bridgehead atoms. The van der Waals surface area contributed by atoms with Gasteiger partial charge in [0.1, 0.15) is 6.33 Å². The van der Waals surface area contributed by atoms with Crippen LogP contribution in [0.3, 0.4) is 0 Å². The van der Waals surface area contributed by atoms with Gasteiger partial charge in [-0.15, -0.1) is 0 Å². The standard InChI is InChI=1S/C16H18F3N5/c1-22-8-10-24(11-9-22)21-15(23-7-6-20-12-23)13-4-2-3-5-14(13)16(17,18)19/h2-7,12H,8-11H2,1H3/b21-15+. The summed E-state index contributed by atoms with van der Waals surface area (Å²) < 4.78 is 41.7. The van der Waals surface area contributed by atoms with Gasteiger partial charge in [0.25, 0.3) is 0 Å². The largest absolute Gasteiger partial charge is 0.417 e. The zero-order chi connectivity index (χ0) is 17.2. The van der Waals surface area contributed by atoms with E-state index in [4.69, 9.17) is 0 Å². The molecule has 0 saturated carbocycles. The van der Waals surface area contributed by atoms with Crippen molar-refractivity contribution in [2.45, 2.75) is 6.18 Å². The number of hydrogen-bond donors (Lipinski definition) is 0. The van der Waals surface area contributed by atoms with Crippen molar-refractivity contribution in [3.05, 3.63) is 54.1 Å². The minimum atomic E-state index is -4.44. The molecule has 1 aliphatic rings. The second-order valence-electron chi connectivity index (χ2n) is 5.69. The van der Waals surface area contributed by atoms with Gasteiger partial charge in [0.2, 0.25) is 0 Å². The van der Waals surface area contributed by atoms with E-state index in [1.165, 1.54) is 29.2 Å². The van der Waals surface area contributed by atoms with Gasteiger partial charge < -0.3 is 4.90 Å². The van der Waals surface area contributed by atoms with E-state index >= 15 is 0 Å². The van der Waals surface area contributed by atoms with E-state index in [0.29, 0.717) is 13.1 Å². The van der Waals surface area contributed by atoms with E-state index in [9.17, 15) is 13.2 Å². The first-order valence-electron chi connectivity index (χ1n) is 7.62. The number of piperazine rings is 1. The number of rotatable bonds is 2. The molecule has 1 saturated heterocycles. The van der Waals surface area contributed by atoms with Gasteiger partial charge in [-0.1, -0.05) is 18.2 Å². The molecule has 1 aromatic heterocycles. The lowest BCUT2D eigenvalue weighted by atomic mass is 10.1. The molecule has 0 aliphatic carbocycles. The first-order valence-corrected chi connectivity index (χ1v) is 7.62. The molecule has 2 heterocycles. The van der Waals surface area contributed by atoms with Gasteiger partial charge in [0, 0.05) is 44.1 Å². The maximum Gasteiger partial charge on any atom is 0.417 e. The number of likely N-dealkylation sites (N-methyl/N-ethyl adjacent to an activating group) is 1. The monoisotopic (exact) mass is 337 g/mol. The summed E-state index contributed by atoms with van der Waals surface area (Å²) in [5.74, 6) is 0.227. The quantitative estimate of drug-likeness (QED) is 0.624. The van der Waals surface area contributed by atoms with Crippen LogP contribution in [0.5, 0.6) is 0 Å². The Kier molecular flexibility index (Phi) is 4.57. The van der Waals surface area contributed by atoms with Crippen LogP contribution in [0.2, 0.25) is 0 Å². The highest BCUT2D eigenvalue weighted by molar-refractivity contribution is 6.01. The molecule has 1 fully saturated rings. The fourth-order valence-corrected chi connectivity index (χ4v) is 2.58. The van der Waals surface area contributed by atoms with Crippen LogP contribution in [0, 0.1) is 0 Å². The molecule has 0 radical (unpaired) electrons. The molecule has 5 nitrogen and oxygen atoms in total. The van der Waals surface area contributed by atoms with E-state index in [0.717, 1.165) is 19.2 Å². The minimum Gasteiger partial charge on any atom is -0.303 e. The van der Waals surface area contributed by atoms with Crippen molar-refractivity contribution in [1.29, 1.82) is 0 Å². The van der Waals surface area contributed by atoms with Gasteiger partial charge in [0.05, 0.1) is 5.56 Å². The second kappa shape index (κ2) is 6.64. The minimum absolute atomic E-state index is 0.0435. The summed E-state index contributed by atoms with van der Waals surface area (Å²) in [5, 5.41) is 6.31. The molecule has 1 aliphatic heterocycles. The van der Waals surface area contributed by atoms with Gasteiger partial charge in [-0.3, -0.25) is 9.58 Å². The van der Waals surface area contributed by atoms with Crippen LogP contribution in [0.4, 0.5) is 13.2 Å². The molecule has 0 spiro atoms. The van der Waals surface area contributed by atoms with Gasteiger partial charge in [-0.25, -0.2) is 4.98 Å². The number of aromatic nitrogens is 2. The third-order valence-electron chi connectivity index (χ3n) is 3.94. The van der Waals surface area contributed by atoms with Crippen molar-refractivity contribution in [1.82, 2.24) is 19.5 Å². The lowest BCUT2D eigenvalue weighted by Gasteiger charge is -2.31. The van der Waals surface area contributed by atoms with Crippen molar-refractivity contribution >= 4 is 5.84 Å². The Balaban J connectivity index is 2.04. The van der Waals surface area contributed by atoms with Crippen LogP contribution >= 0.6 is 0 Å². The summed E-state index contributed by atoms with van der Waals surface area (Å²) in [6.07, 6.45) is 0.139. The van der Waals surface area contributed by atoms with Crippen LogP contribution in [0.1, 0.15) is 11.1 Å². The third kappa shape index (κ3) is 3.59. The van der Waals surface area contributed by atoms with Crippen LogP contribution in [0.25, 0.3) is 0 Å². The lowest BCUT2D eigenvalue weighted by Crippen LogP contribution is -2.42. The van der Waals surface area contributed by atoms with E-state index in [1.807, 2.05) is 12.1 Å². The van der Waals surface area contributed by atoms with Crippen LogP contribution < -0.4 is 0 Å². The molecular weight excluding hydrogens is 319 g/mol. The highest BCUT2D eigenvalue weighted by Gasteiger charge is 2.34. The van der Waals surface area contributed by atoms with Crippen LogP contribution in [-0.4, -0.2) is 58.5 Å². The van der Waals surface area contributed by atoms with Gasteiger partial charge in [-0.2, -0.15) is 18.3 Å². The normalized spacial score (nSPS) is 17.3. The van der Waals surface area contributed by atoms with Crippen molar-refractivity contribution in [2.24, 2.45) is 5.10 Å². The van der Waals surface area contributed by atoms with E-state index in [-0.39, 0.29) is 11.4 Å². The number of nitrogens with zero attached hydrogens (tertiary/aromatic N) is 5. The molecule has 24 heavy (non-hydrogen) atoms. The first kappa shape index (κ1) is 16.5. The smallest absolute Gasteiger partial charge is 0.303 e. The predicted molar refractivity (Wildman–Crippen MR) is 84.7 cm³/mol. The molecule has 3 rings (SSSR count). The number of hydrogen-bond acceptors (Lipinski definition) is 4. The van der Waals surface area contributed by atoms with Crippen molar-refractivity contribution in [3.63, 3.8) is 0 Å². The molecule has 0 amide bonds. The summed E-state index contributed by atoms with van der Waals surface area (Å²) in [7, 11) is 2.01. The summed E-state index contributed by atoms with van der Waals surface area (Å²) in [6.45, 7) is 2.98. The summed E-state index contributed by atoms with van der Waals surface area (Å²) in [5.41, 5.74) is -0.659. The Bertz CT molecular complexity index is 701. The lowest BCUT2D eigenvalue weighted by molar-refractivity contribution is -0.137. The Morgan fingerprint density at radius 3 is 2.46 bits per heavy atom. The van der Waals surface area contributed by atoms with E-state index in [2.05, 4.69) is 15.0 Å². The van der Waals surface area contributed by atoms with Crippen molar-refractivity contribution < 1.29 is 13.2 Å². The highest BCUT2D eigenvalue weighted by Crippen LogP contribution is 2.32.